The van der Waals surface area contributed by atoms with Crippen LogP contribution in [-0.4, -0.2) is 47.4 Å². The first-order chi connectivity index (χ1) is 9.63. The van der Waals surface area contributed by atoms with Crippen molar-refractivity contribution >= 4 is 11.8 Å². The molecule has 4 N–H and O–H groups in total. The lowest BCUT2D eigenvalue weighted by Crippen LogP contribution is -2.34. The van der Waals surface area contributed by atoms with Gasteiger partial charge in [-0.25, -0.2) is 4.99 Å². The van der Waals surface area contributed by atoms with Crippen molar-refractivity contribution in [2.75, 3.05) is 13.2 Å². The van der Waals surface area contributed by atoms with Gasteiger partial charge in [-0.3, -0.25) is 15.5 Å². The second-order valence-electron chi connectivity index (χ2n) is 4.43. The highest BCUT2D eigenvalue weighted by Crippen LogP contribution is 2.27. The number of hydrogen-bond donors (Lipinski definition) is 3. The molecule has 0 aromatic heterocycles. The molecule has 0 aromatic carbocycles. The number of carbonyl (C=O) groups excluding carboxylic acids is 1. The summed E-state index contributed by atoms with van der Waals surface area (Å²) in [5.41, 5.74) is 7.12. The summed E-state index contributed by atoms with van der Waals surface area (Å²) in [5.74, 6) is 0.342. The quantitative estimate of drug-likeness (QED) is 0.478. The zero-order valence-corrected chi connectivity index (χ0v) is 11.0. The maximum atomic E-state index is 11.0. The lowest BCUT2D eigenvalue weighted by Gasteiger charge is -2.29. The van der Waals surface area contributed by atoms with Gasteiger partial charge < -0.3 is 20.1 Å². The Morgan fingerprint density at radius 1 is 1.70 bits per heavy atom. The first kappa shape index (κ1) is 14.5. The van der Waals surface area contributed by atoms with Gasteiger partial charge >= 0.3 is 5.97 Å². The van der Waals surface area contributed by atoms with Gasteiger partial charge in [0.2, 0.25) is 0 Å². The first-order valence-corrected chi connectivity index (χ1v) is 6.29. The number of aliphatic imine (C=N–C) groups is 1. The molecular weight excluding hydrogens is 264 g/mol. The third kappa shape index (κ3) is 3.35. The molecule has 0 bridgehead atoms. The molecule has 0 aliphatic carbocycles. The molecule has 8 nitrogen and oxygen atoms in total. The van der Waals surface area contributed by atoms with Crippen molar-refractivity contribution in [3.63, 3.8) is 0 Å². The van der Waals surface area contributed by atoms with Crippen molar-refractivity contribution in [1.29, 1.82) is 0 Å². The van der Waals surface area contributed by atoms with Crippen LogP contribution in [0.25, 0.3) is 0 Å². The minimum atomic E-state index is -0.442. The van der Waals surface area contributed by atoms with E-state index >= 15 is 0 Å². The molecule has 2 rings (SSSR count). The molecule has 2 unspecified atom stereocenters. The van der Waals surface area contributed by atoms with E-state index in [1.165, 1.54) is 0 Å². The molecule has 0 spiro atoms. The van der Waals surface area contributed by atoms with Crippen molar-refractivity contribution in [1.82, 2.24) is 10.4 Å². The Bertz CT molecular complexity index is 449. The van der Waals surface area contributed by atoms with Gasteiger partial charge in [-0.15, -0.1) is 0 Å². The zero-order valence-electron chi connectivity index (χ0n) is 11.0. The molecule has 0 aromatic rings. The number of ether oxygens (including phenoxy) is 2. The van der Waals surface area contributed by atoms with Crippen molar-refractivity contribution in [2.45, 2.75) is 25.2 Å². The molecule has 2 aliphatic rings. The van der Waals surface area contributed by atoms with Gasteiger partial charge in [0, 0.05) is 6.20 Å². The van der Waals surface area contributed by atoms with Crippen molar-refractivity contribution < 1.29 is 19.5 Å². The van der Waals surface area contributed by atoms with Crippen LogP contribution in [-0.2, 0) is 14.3 Å². The molecule has 0 radical (unpaired) electrons. The second kappa shape index (κ2) is 6.51. The van der Waals surface area contributed by atoms with Crippen molar-refractivity contribution in [2.24, 2.45) is 10.7 Å². The Labute approximate surface area is 116 Å². The molecule has 110 valence electrons. The average Bonchev–Trinajstić information content (AvgIpc) is 2.93. The van der Waals surface area contributed by atoms with Crippen LogP contribution in [0.4, 0.5) is 0 Å². The monoisotopic (exact) mass is 282 g/mol. The standard InChI is InChI=1S/C12H18N4O4/c1-8-14-10(15-18)4-5-16(8)11-3-2-9(20-11)7-19-12(17)6-13/h4-5,9,11,18H,1-3,6-7,13H2,(H,14,15). The van der Waals surface area contributed by atoms with Gasteiger partial charge in [-0.05, 0) is 18.9 Å². The highest BCUT2D eigenvalue weighted by molar-refractivity contribution is 5.93. The topological polar surface area (TPSA) is 109 Å². The molecule has 0 saturated carbocycles. The number of rotatable bonds is 4. The summed E-state index contributed by atoms with van der Waals surface area (Å²) in [6, 6.07) is 0. The number of hydroxylamine groups is 1. The molecule has 0 amide bonds. The molecule has 8 heteroatoms. The predicted octanol–water partition coefficient (Wildman–Crippen LogP) is -0.329. The van der Waals surface area contributed by atoms with Gasteiger partial charge in [-0.2, -0.15) is 0 Å². The molecule has 20 heavy (non-hydrogen) atoms. The summed E-state index contributed by atoms with van der Waals surface area (Å²) in [7, 11) is 0. The van der Waals surface area contributed by atoms with Gasteiger partial charge in [0.05, 0.1) is 12.6 Å². The predicted molar refractivity (Wildman–Crippen MR) is 70.4 cm³/mol. The largest absolute Gasteiger partial charge is 0.462 e. The highest BCUT2D eigenvalue weighted by Gasteiger charge is 2.31. The third-order valence-corrected chi connectivity index (χ3v) is 3.05. The fraction of sp³-hybridized carbons (Fsp3) is 0.500. The highest BCUT2D eigenvalue weighted by atomic mass is 16.6. The Hall–Kier alpha value is -1.90. The van der Waals surface area contributed by atoms with E-state index in [1.54, 1.807) is 17.2 Å². The van der Waals surface area contributed by atoms with Crippen LogP contribution in [0.5, 0.6) is 0 Å². The summed E-state index contributed by atoms with van der Waals surface area (Å²) in [6.07, 6.45) is 4.52. The van der Waals surface area contributed by atoms with E-state index in [4.69, 9.17) is 20.4 Å². The van der Waals surface area contributed by atoms with Gasteiger partial charge in [0.1, 0.15) is 18.7 Å². The van der Waals surface area contributed by atoms with E-state index in [-0.39, 0.29) is 25.5 Å². The lowest BCUT2D eigenvalue weighted by molar-refractivity contribution is -0.147. The van der Waals surface area contributed by atoms with Crippen LogP contribution in [0.2, 0.25) is 0 Å². The molecule has 1 fully saturated rings. The van der Waals surface area contributed by atoms with Crippen LogP contribution in [0.15, 0.2) is 29.7 Å². The van der Waals surface area contributed by atoms with Crippen LogP contribution >= 0.6 is 0 Å². The number of nitrogens with one attached hydrogen (secondary N) is 1. The molecule has 2 heterocycles. The number of nitrogens with two attached hydrogens (primary N) is 1. The second-order valence-corrected chi connectivity index (χ2v) is 4.43. The SMILES string of the molecule is C=C1N=C(NO)C=CN1C1CCC(COC(=O)CN)O1. The number of carbonyl (C=O) groups is 1. The fourth-order valence-electron chi connectivity index (χ4n) is 2.05. The summed E-state index contributed by atoms with van der Waals surface area (Å²) >= 11 is 0. The maximum absolute atomic E-state index is 11.0. The Balaban J connectivity index is 1.84. The molecular formula is C12H18N4O4. The fourth-order valence-corrected chi connectivity index (χ4v) is 2.05. The number of amidine groups is 1. The van der Waals surface area contributed by atoms with Crippen LogP contribution in [0, 0.1) is 0 Å². The summed E-state index contributed by atoms with van der Waals surface area (Å²) in [4.78, 5) is 16.8. The number of esters is 1. The van der Waals surface area contributed by atoms with E-state index < -0.39 is 5.97 Å². The minimum absolute atomic E-state index is 0.131. The van der Waals surface area contributed by atoms with E-state index in [1.807, 2.05) is 5.48 Å². The molecule has 1 saturated heterocycles. The van der Waals surface area contributed by atoms with E-state index in [0.29, 0.717) is 11.7 Å². The average molecular weight is 282 g/mol. The third-order valence-electron chi connectivity index (χ3n) is 3.05. The maximum Gasteiger partial charge on any atom is 0.319 e. The van der Waals surface area contributed by atoms with E-state index in [2.05, 4.69) is 11.6 Å². The lowest BCUT2D eigenvalue weighted by atomic mass is 10.2. The van der Waals surface area contributed by atoms with Crippen molar-refractivity contribution in [3.05, 3.63) is 24.7 Å². The minimum Gasteiger partial charge on any atom is -0.462 e. The van der Waals surface area contributed by atoms with E-state index in [0.717, 1.165) is 12.8 Å². The Morgan fingerprint density at radius 3 is 3.15 bits per heavy atom. The first-order valence-electron chi connectivity index (χ1n) is 6.29. The normalized spacial score (nSPS) is 25.6. The van der Waals surface area contributed by atoms with Crippen molar-refractivity contribution in [3.8, 4) is 0 Å². The summed E-state index contributed by atoms with van der Waals surface area (Å²) < 4.78 is 10.7. The van der Waals surface area contributed by atoms with Gasteiger partial charge in [0.25, 0.3) is 0 Å². The van der Waals surface area contributed by atoms with E-state index in [9.17, 15) is 4.79 Å². The van der Waals surface area contributed by atoms with Crippen LogP contribution in [0.3, 0.4) is 0 Å². The summed E-state index contributed by atoms with van der Waals surface area (Å²) in [5, 5.41) is 8.77. The van der Waals surface area contributed by atoms with Crippen LogP contribution in [0.1, 0.15) is 12.8 Å². The summed E-state index contributed by atoms with van der Waals surface area (Å²) in [6.45, 7) is 3.87. The zero-order chi connectivity index (χ0) is 14.5. The molecule has 2 aliphatic heterocycles. The Morgan fingerprint density at radius 2 is 2.50 bits per heavy atom. The van der Waals surface area contributed by atoms with Gasteiger partial charge in [0.15, 0.2) is 5.84 Å². The number of hydrogen-bond acceptors (Lipinski definition) is 8. The van der Waals surface area contributed by atoms with Crippen LogP contribution < -0.4 is 11.2 Å². The smallest absolute Gasteiger partial charge is 0.319 e. The number of nitrogens with zero attached hydrogens (tertiary/aromatic N) is 2. The van der Waals surface area contributed by atoms with Gasteiger partial charge in [-0.1, -0.05) is 6.58 Å². The molecule has 2 atom stereocenters. The Kier molecular flexibility index (Phi) is 4.72.